The largest absolute Gasteiger partial charge is 0.494 e. The van der Waals surface area contributed by atoms with Crippen LogP contribution in [0.4, 0.5) is 0 Å². The fourth-order valence-corrected chi connectivity index (χ4v) is 11.8. The Bertz CT molecular complexity index is 4370. The maximum atomic E-state index is 6.13. The van der Waals surface area contributed by atoms with Gasteiger partial charge >= 0.3 is 7.12 Å². The number of benzene rings is 12. The summed E-state index contributed by atoms with van der Waals surface area (Å²) in [4.78, 5) is 0. The van der Waals surface area contributed by atoms with E-state index in [-0.39, 0.29) is 25.7 Å². The zero-order valence-electron chi connectivity index (χ0n) is 42.7. The van der Waals surface area contributed by atoms with E-state index in [4.69, 9.17) is 18.1 Å². The number of hydrogen-bond acceptors (Lipinski definition) is 4. The van der Waals surface area contributed by atoms with Gasteiger partial charge in [0.15, 0.2) is 0 Å². The molecule has 374 valence electrons. The Labute approximate surface area is 457 Å². The molecule has 77 heavy (non-hydrogen) atoms. The maximum absolute atomic E-state index is 6.13. The molecule has 12 aromatic carbocycles. The van der Waals surface area contributed by atoms with Crippen molar-refractivity contribution in [1.82, 2.24) is 0 Å². The molecule has 0 aliphatic carbocycles. The van der Waals surface area contributed by atoms with Crippen LogP contribution in [0.25, 0.3) is 120 Å². The van der Waals surface area contributed by atoms with Crippen LogP contribution in [-0.4, -0.2) is 18.3 Å². The van der Waals surface area contributed by atoms with Gasteiger partial charge in [-0.3, -0.25) is 0 Å². The molecule has 15 rings (SSSR count). The lowest BCUT2D eigenvalue weighted by Crippen LogP contribution is -2.41. The standard InChI is InChI=1S/C32H20O.C20H13Br.C18H19BO3.CH4/c1-2-10-21(11-3-1)31-24-13-4-6-15-26(24)32(27-16-7-5-14-25(27)31)22-18-19-30-28(20-22)23-12-8-9-17-29(23)33-30;21-20-17-12-6-4-10-15(17)19(14-8-2-1-3-9-14)16-11-5-7-13-18(16)20;1-17(2)18(3,4)22-19(21-17)12-9-10-16-14(11-12)13-7-5-6-8-15(13)20-16;/h1-20H;1-13H;5-11H,1-4H3;1H4. The lowest BCUT2D eigenvalue weighted by Gasteiger charge is -2.32. The summed E-state index contributed by atoms with van der Waals surface area (Å²) in [6.45, 7) is 8.27. The van der Waals surface area contributed by atoms with Crippen LogP contribution in [0.5, 0.6) is 0 Å². The minimum Gasteiger partial charge on any atom is -0.456 e. The SMILES string of the molecule is Brc1c2ccccc2c(-c2ccccc2)c2ccccc12.C.CC1(C)OB(c2ccc3oc4ccccc4c3c2)OC1(C)C.c1ccc(-c2c3ccccc3c(-c3ccc4oc5ccccc5c4c3)c3ccccc23)cc1. The first kappa shape index (κ1) is 49.6. The lowest BCUT2D eigenvalue weighted by molar-refractivity contribution is 0.00578. The van der Waals surface area contributed by atoms with E-state index in [0.29, 0.717) is 0 Å². The summed E-state index contributed by atoms with van der Waals surface area (Å²) in [6, 6.07) is 85.1. The summed E-state index contributed by atoms with van der Waals surface area (Å²) < 4.78 is 25.4. The molecule has 14 aromatic rings. The second-order valence-electron chi connectivity index (χ2n) is 20.6. The first-order valence-corrected chi connectivity index (χ1v) is 26.7. The zero-order chi connectivity index (χ0) is 51.5. The Balaban J connectivity index is 0.000000120. The molecule has 3 heterocycles. The van der Waals surface area contributed by atoms with E-state index in [1.807, 2.05) is 42.5 Å². The van der Waals surface area contributed by atoms with E-state index in [2.05, 4.69) is 244 Å². The third-order valence-corrected chi connectivity index (χ3v) is 16.4. The third kappa shape index (κ3) is 8.77. The highest BCUT2D eigenvalue weighted by Crippen LogP contribution is 2.46. The average molecular weight is 1060 g/mol. The van der Waals surface area contributed by atoms with Crippen molar-refractivity contribution < 1.29 is 18.1 Å². The van der Waals surface area contributed by atoms with Gasteiger partial charge in [0.2, 0.25) is 0 Å². The van der Waals surface area contributed by atoms with Crippen LogP contribution >= 0.6 is 15.9 Å². The van der Waals surface area contributed by atoms with Crippen molar-refractivity contribution in [3.8, 4) is 33.4 Å². The van der Waals surface area contributed by atoms with E-state index >= 15 is 0 Å². The highest BCUT2D eigenvalue weighted by molar-refractivity contribution is 9.10. The van der Waals surface area contributed by atoms with Crippen LogP contribution in [0.1, 0.15) is 35.1 Å². The van der Waals surface area contributed by atoms with Crippen molar-refractivity contribution in [3.63, 3.8) is 0 Å². The fourth-order valence-electron chi connectivity index (χ4n) is 11.1. The van der Waals surface area contributed by atoms with Gasteiger partial charge in [0.05, 0.1) is 11.2 Å². The lowest BCUT2D eigenvalue weighted by atomic mass is 9.78. The molecule has 1 aliphatic heterocycles. The average Bonchev–Trinajstić information content (AvgIpc) is 4.20. The molecule has 0 amide bonds. The van der Waals surface area contributed by atoms with Crippen molar-refractivity contribution in [2.24, 2.45) is 0 Å². The molecular weight excluding hydrogens is 1010 g/mol. The van der Waals surface area contributed by atoms with E-state index in [9.17, 15) is 0 Å². The van der Waals surface area contributed by atoms with Crippen molar-refractivity contribution >= 4 is 115 Å². The van der Waals surface area contributed by atoms with Crippen LogP contribution in [0.3, 0.4) is 0 Å². The number of furan rings is 2. The molecule has 1 fully saturated rings. The van der Waals surface area contributed by atoms with E-state index < -0.39 is 0 Å². The summed E-state index contributed by atoms with van der Waals surface area (Å²) >= 11 is 3.79. The molecule has 1 aliphatic rings. The summed E-state index contributed by atoms with van der Waals surface area (Å²) in [5.41, 5.74) is 11.6. The predicted molar refractivity (Wildman–Crippen MR) is 330 cm³/mol. The highest BCUT2D eigenvalue weighted by Gasteiger charge is 2.51. The molecule has 0 saturated carbocycles. The molecule has 0 unspecified atom stereocenters. The molecule has 2 aromatic heterocycles. The Morgan fingerprint density at radius 3 is 1.04 bits per heavy atom. The molecule has 0 atom stereocenters. The van der Waals surface area contributed by atoms with E-state index in [1.54, 1.807) is 0 Å². The quantitative estimate of drug-likeness (QED) is 0.130. The molecule has 4 nitrogen and oxygen atoms in total. The van der Waals surface area contributed by atoms with E-state index in [1.165, 1.54) is 80.9 Å². The first-order valence-electron chi connectivity index (χ1n) is 25.9. The summed E-state index contributed by atoms with van der Waals surface area (Å²) in [5.74, 6) is 0. The minimum atomic E-state index is -0.344. The van der Waals surface area contributed by atoms with Crippen LogP contribution < -0.4 is 5.46 Å². The molecule has 0 N–H and O–H groups in total. The number of rotatable bonds is 4. The predicted octanol–water partition coefficient (Wildman–Crippen LogP) is 20.2. The Morgan fingerprint density at radius 2 is 0.610 bits per heavy atom. The molecule has 0 spiro atoms. The van der Waals surface area contributed by atoms with Crippen LogP contribution in [0, 0.1) is 0 Å². The molecule has 0 radical (unpaired) electrons. The van der Waals surface area contributed by atoms with Crippen molar-refractivity contribution in [2.75, 3.05) is 0 Å². The van der Waals surface area contributed by atoms with Crippen LogP contribution in [0.2, 0.25) is 0 Å². The van der Waals surface area contributed by atoms with E-state index in [0.717, 1.165) is 49.3 Å². The Morgan fingerprint density at radius 1 is 0.299 bits per heavy atom. The monoisotopic (exact) mass is 1060 g/mol. The summed E-state index contributed by atoms with van der Waals surface area (Å²) in [7, 11) is -0.344. The minimum absolute atomic E-state index is 0. The van der Waals surface area contributed by atoms with Gasteiger partial charge in [-0.25, -0.2) is 0 Å². The third-order valence-electron chi connectivity index (χ3n) is 15.5. The van der Waals surface area contributed by atoms with Crippen molar-refractivity contribution in [1.29, 1.82) is 0 Å². The van der Waals surface area contributed by atoms with Gasteiger partial charge < -0.3 is 18.1 Å². The first-order chi connectivity index (χ1) is 37.1. The van der Waals surface area contributed by atoms with Gasteiger partial charge in [0, 0.05) is 26.0 Å². The van der Waals surface area contributed by atoms with Gasteiger partial charge in [-0.05, 0) is 156 Å². The van der Waals surface area contributed by atoms with Gasteiger partial charge in [-0.2, -0.15) is 0 Å². The topological polar surface area (TPSA) is 44.7 Å². The molecule has 0 bridgehead atoms. The maximum Gasteiger partial charge on any atom is 0.494 e. The Kier molecular flexibility index (Phi) is 12.9. The Hall–Kier alpha value is -8.26. The summed E-state index contributed by atoms with van der Waals surface area (Å²) in [5, 5.41) is 14.7. The van der Waals surface area contributed by atoms with Gasteiger partial charge in [-0.15, -0.1) is 0 Å². The number of halogens is 1. The smallest absolute Gasteiger partial charge is 0.456 e. The zero-order valence-corrected chi connectivity index (χ0v) is 44.3. The molecule has 1 saturated heterocycles. The second-order valence-corrected chi connectivity index (χ2v) is 21.4. The normalized spacial score (nSPS) is 13.8. The van der Waals surface area contributed by atoms with Crippen molar-refractivity contribution in [3.05, 3.63) is 247 Å². The van der Waals surface area contributed by atoms with Gasteiger partial charge in [-0.1, -0.05) is 220 Å². The molecular formula is C71H56BBrO4. The fraction of sp³-hybridized carbons (Fsp3) is 0.0986. The van der Waals surface area contributed by atoms with Gasteiger partial charge in [0.1, 0.15) is 22.3 Å². The molecule has 6 heteroatoms. The van der Waals surface area contributed by atoms with Gasteiger partial charge in [0.25, 0.3) is 0 Å². The van der Waals surface area contributed by atoms with Crippen LogP contribution in [-0.2, 0) is 9.31 Å². The highest BCUT2D eigenvalue weighted by atomic mass is 79.9. The van der Waals surface area contributed by atoms with Crippen molar-refractivity contribution in [2.45, 2.75) is 46.3 Å². The number of hydrogen-bond donors (Lipinski definition) is 0. The van der Waals surface area contributed by atoms with Crippen LogP contribution in [0.15, 0.2) is 256 Å². The second kappa shape index (κ2) is 20.0. The summed E-state index contributed by atoms with van der Waals surface area (Å²) in [6.07, 6.45) is 0. The number of fused-ring (bicyclic) bond motifs is 10. The number of para-hydroxylation sites is 2.